The predicted octanol–water partition coefficient (Wildman–Crippen LogP) is 18.6. The maximum Gasteiger partial charge on any atom is 0.268 e. The Morgan fingerprint density at radius 3 is 0.971 bits per heavy atom. The van der Waals surface area contributed by atoms with Crippen LogP contribution in [0.1, 0.15) is 335 Å². The fourth-order valence-corrected chi connectivity index (χ4v) is 10.7. The maximum atomic E-state index is 13.0. The lowest BCUT2D eigenvalue weighted by atomic mass is 10.0. The smallest absolute Gasteiger partial charge is 0.268 e. The Labute approximate surface area is 438 Å². The third-order valence-corrected chi connectivity index (χ3v) is 15.8. The van der Waals surface area contributed by atoms with Gasteiger partial charge in [0.2, 0.25) is 5.91 Å². The molecule has 420 valence electrons. The van der Waals surface area contributed by atoms with Crippen molar-refractivity contribution in [3.05, 3.63) is 0 Å². The molecule has 2 N–H and O–H groups in total. The summed E-state index contributed by atoms with van der Waals surface area (Å²) in [7, 11) is 1.33. The number of quaternary nitrogens is 1. The number of unbranched alkanes of at least 4 members (excludes halogenated alkanes) is 46. The molecule has 0 aliphatic heterocycles. The third kappa shape index (κ3) is 55.3. The molecule has 0 rings (SSSR count). The summed E-state index contributed by atoms with van der Waals surface area (Å²) in [6.07, 6.45) is 64.3. The van der Waals surface area contributed by atoms with Crippen LogP contribution in [0.15, 0.2) is 0 Å². The molecule has 0 radical (unpaired) electrons. The van der Waals surface area contributed by atoms with Crippen molar-refractivity contribution >= 4 is 13.7 Å². The van der Waals surface area contributed by atoms with Crippen LogP contribution in [0.5, 0.6) is 0 Å². The first kappa shape index (κ1) is 69.5. The van der Waals surface area contributed by atoms with E-state index in [0.717, 1.165) is 38.5 Å². The van der Waals surface area contributed by atoms with Crippen molar-refractivity contribution in [3.8, 4) is 0 Å². The summed E-state index contributed by atoms with van der Waals surface area (Å²) in [6.45, 7) is 4.79. The zero-order valence-corrected chi connectivity index (χ0v) is 48.9. The first-order valence-electron chi connectivity index (χ1n) is 31.4. The highest BCUT2D eigenvalue weighted by Gasteiger charge is 2.24. The van der Waals surface area contributed by atoms with Crippen LogP contribution in [0.3, 0.4) is 0 Å². The molecule has 3 unspecified atom stereocenters. The van der Waals surface area contributed by atoms with E-state index >= 15 is 0 Å². The number of carbonyl (C=O) groups is 1. The highest BCUT2D eigenvalue weighted by Crippen LogP contribution is 2.38. The molecule has 0 heterocycles. The van der Waals surface area contributed by atoms with Gasteiger partial charge in [0.1, 0.15) is 13.2 Å². The molecule has 0 aliphatic rings. The second kappa shape index (κ2) is 53.3. The zero-order valence-electron chi connectivity index (χ0n) is 48.0. The molecule has 70 heavy (non-hydrogen) atoms. The van der Waals surface area contributed by atoms with Gasteiger partial charge in [-0.1, -0.05) is 316 Å². The van der Waals surface area contributed by atoms with E-state index in [4.69, 9.17) is 9.05 Å². The van der Waals surface area contributed by atoms with Crippen LogP contribution in [-0.2, 0) is 18.4 Å². The Morgan fingerprint density at radius 1 is 0.443 bits per heavy atom. The molecule has 0 aliphatic carbocycles. The average molecular weight is 1010 g/mol. The van der Waals surface area contributed by atoms with Crippen LogP contribution >= 0.6 is 7.82 Å². The summed E-state index contributed by atoms with van der Waals surface area (Å²) in [6, 6.07) is -0.796. The van der Waals surface area contributed by atoms with E-state index < -0.39 is 20.0 Å². The Bertz CT molecular complexity index is 1100. The summed E-state index contributed by atoms with van der Waals surface area (Å²) in [5, 5.41) is 14.1. The summed E-state index contributed by atoms with van der Waals surface area (Å²) in [4.78, 5) is 25.6. The Balaban J connectivity index is 4.07. The first-order valence-corrected chi connectivity index (χ1v) is 32.8. The van der Waals surface area contributed by atoms with E-state index in [-0.39, 0.29) is 19.1 Å². The molecule has 9 heteroatoms. The molecule has 0 aromatic heterocycles. The highest BCUT2D eigenvalue weighted by atomic mass is 31.2. The van der Waals surface area contributed by atoms with Crippen LogP contribution in [0, 0.1) is 0 Å². The van der Waals surface area contributed by atoms with Gasteiger partial charge in [-0.15, -0.1) is 0 Å². The summed E-state index contributed by atoms with van der Waals surface area (Å²) in [5.74, 6) is -0.155. The largest absolute Gasteiger partial charge is 0.756 e. The summed E-state index contributed by atoms with van der Waals surface area (Å²) >= 11 is 0. The van der Waals surface area contributed by atoms with Gasteiger partial charge < -0.3 is 28.8 Å². The SMILES string of the molecule is CCCCCCCCCCCCCCCCCCCCCCCCCCCCC(O)C(COP(=O)([O-])OCC[N+](C)(C)C)NC(=O)CCCCCCCCCCCCCCCCCCCCCCCC. The van der Waals surface area contributed by atoms with Gasteiger partial charge in [0.15, 0.2) is 0 Å². The zero-order chi connectivity index (χ0) is 51.3. The van der Waals surface area contributed by atoms with E-state index in [2.05, 4.69) is 19.2 Å². The molecule has 0 spiro atoms. The van der Waals surface area contributed by atoms with Gasteiger partial charge in [-0.2, -0.15) is 0 Å². The van der Waals surface area contributed by atoms with E-state index in [1.54, 1.807) is 0 Å². The van der Waals surface area contributed by atoms with Crippen molar-refractivity contribution in [1.82, 2.24) is 5.32 Å². The number of phosphoric ester groups is 1. The minimum atomic E-state index is -4.57. The van der Waals surface area contributed by atoms with E-state index in [1.165, 1.54) is 270 Å². The molecule has 0 fully saturated rings. The highest BCUT2D eigenvalue weighted by molar-refractivity contribution is 7.45. The number of aliphatic hydroxyl groups excluding tert-OH is 1. The molecule has 1 amide bonds. The average Bonchev–Trinajstić information content (AvgIpc) is 3.32. The van der Waals surface area contributed by atoms with Crippen LogP contribution in [0.2, 0.25) is 0 Å². The van der Waals surface area contributed by atoms with Crippen LogP contribution in [0.25, 0.3) is 0 Å². The molecule has 0 saturated heterocycles. The predicted molar refractivity (Wildman–Crippen MR) is 303 cm³/mol. The number of likely N-dealkylation sites (N-methyl/N-ethyl adjacent to an activating group) is 1. The first-order chi connectivity index (χ1) is 34.0. The number of amides is 1. The standard InChI is InChI=1S/C61H125N2O6P/c1-6-8-10-12-14-16-18-20-22-24-26-28-30-31-32-33-34-36-38-40-42-44-46-48-50-52-54-60(64)59(58-69-70(66,67)68-57-56-63(3,4)5)62-61(65)55-53-51-49-47-45-43-41-39-37-35-29-27-25-23-21-19-17-15-13-11-9-7-2/h59-60,64H,6-58H2,1-5H3,(H-,62,65,66,67). The second-order valence-electron chi connectivity index (χ2n) is 23.1. The quantitative estimate of drug-likeness (QED) is 0.0357. The van der Waals surface area contributed by atoms with Gasteiger partial charge in [-0.05, 0) is 12.8 Å². The lowest BCUT2D eigenvalue weighted by Crippen LogP contribution is -2.46. The van der Waals surface area contributed by atoms with E-state index in [0.29, 0.717) is 23.9 Å². The molecular formula is C61H125N2O6P. The molecule has 0 aromatic carbocycles. The van der Waals surface area contributed by atoms with Crippen molar-refractivity contribution in [1.29, 1.82) is 0 Å². The van der Waals surface area contributed by atoms with Gasteiger partial charge in [0.25, 0.3) is 7.82 Å². The van der Waals surface area contributed by atoms with Crippen LogP contribution in [-0.4, -0.2) is 68.5 Å². The number of phosphoric acid groups is 1. The fourth-order valence-electron chi connectivity index (χ4n) is 9.93. The molecule has 0 aromatic rings. The fraction of sp³-hybridized carbons (Fsp3) is 0.984. The summed E-state index contributed by atoms with van der Waals surface area (Å²) < 4.78 is 23.5. The number of nitrogens with one attached hydrogen (secondary N) is 1. The van der Waals surface area contributed by atoms with Crippen molar-refractivity contribution in [2.45, 2.75) is 347 Å². The monoisotopic (exact) mass is 1010 g/mol. The van der Waals surface area contributed by atoms with Gasteiger partial charge in [-0.25, -0.2) is 0 Å². The molecular weight excluding hydrogens is 888 g/mol. The Hall–Kier alpha value is -0.500. The molecule has 8 nitrogen and oxygen atoms in total. The van der Waals surface area contributed by atoms with Crippen molar-refractivity contribution < 1.29 is 32.9 Å². The van der Waals surface area contributed by atoms with Gasteiger partial charge >= 0.3 is 0 Å². The topological polar surface area (TPSA) is 108 Å². The van der Waals surface area contributed by atoms with Crippen molar-refractivity contribution in [2.24, 2.45) is 0 Å². The number of hydrogen-bond acceptors (Lipinski definition) is 6. The number of hydrogen-bond donors (Lipinski definition) is 2. The number of carbonyl (C=O) groups excluding carboxylic acids is 1. The van der Waals surface area contributed by atoms with Gasteiger partial charge in [0, 0.05) is 6.42 Å². The van der Waals surface area contributed by atoms with Gasteiger partial charge in [0.05, 0.1) is 39.9 Å². The number of nitrogens with zero attached hydrogens (tertiary/aromatic N) is 1. The van der Waals surface area contributed by atoms with Crippen molar-refractivity contribution in [3.63, 3.8) is 0 Å². The van der Waals surface area contributed by atoms with E-state index in [1.807, 2.05) is 21.1 Å². The maximum absolute atomic E-state index is 13.0. The molecule has 3 atom stereocenters. The Kier molecular flexibility index (Phi) is 52.9. The van der Waals surface area contributed by atoms with Crippen LogP contribution < -0.4 is 10.2 Å². The van der Waals surface area contributed by atoms with Crippen LogP contribution in [0.4, 0.5) is 0 Å². The second-order valence-corrected chi connectivity index (χ2v) is 24.5. The molecule has 0 bridgehead atoms. The van der Waals surface area contributed by atoms with Crippen molar-refractivity contribution in [2.75, 3.05) is 40.9 Å². The third-order valence-electron chi connectivity index (χ3n) is 14.8. The number of aliphatic hydroxyl groups is 1. The number of rotatable bonds is 59. The minimum absolute atomic E-state index is 0.0168. The Morgan fingerprint density at radius 2 is 0.700 bits per heavy atom. The van der Waals surface area contributed by atoms with E-state index in [9.17, 15) is 19.4 Å². The lowest BCUT2D eigenvalue weighted by Gasteiger charge is -2.30. The minimum Gasteiger partial charge on any atom is -0.756 e. The molecule has 0 saturated carbocycles. The normalized spacial score (nSPS) is 13.8. The summed E-state index contributed by atoms with van der Waals surface area (Å²) in [5.41, 5.74) is 0. The lowest BCUT2D eigenvalue weighted by molar-refractivity contribution is -0.870. The van der Waals surface area contributed by atoms with Gasteiger partial charge in [-0.3, -0.25) is 9.36 Å².